The van der Waals surface area contributed by atoms with Crippen molar-refractivity contribution < 1.29 is 0 Å². The van der Waals surface area contributed by atoms with Gasteiger partial charge < -0.3 is 10.3 Å². The van der Waals surface area contributed by atoms with E-state index in [-0.39, 0.29) is 17.0 Å². The number of aromatic nitrogens is 2. The molecule has 2 N–H and O–H groups in total. The van der Waals surface area contributed by atoms with Gasteiger partial charge in [0.25, 0.3) is 5.56 Å². The maximum atomic E-state index is 12.3. The standard InChI is InChI=1S/C18H20N4O/c1-18(2,3)16-15(20-11-21-16)14-10-19-13(17(23)22-14)9-12-7-5-4-6-8-12/h4-11,16H,1-3H3,(H,20,21)(H,22,23)/b13-9-,15-14-. The molecule has 1 aromatic heterocycles. The molecule has 0 aliphatic carbocycles. The summed E-state index contributed by atoms with van der Waals surface area (Å²) in [7, 11) is 0. The summed E-state index contributed by atoms with van der Waals surface area (Å²) in [6.07, 6.45) is 5.13. The van der Waals surface area contributed by atoms with Crippen molar-refractivity contribution in [2.24, 2.45) is 10.4 Å². The molecule has 1 unspecified atom stereocenters. The molecule has 118 valence electrons. The second-order valence-corrected chi connectivity index (χ2v) is 6.67. The highest BCUT2D eigenvalue weighted by Crippen LogP contribution is 2.28. The lowest BCUT2D eigenvalue weighted by molar-refractivity contribution is 0.376. The Morgan fingerprint density at radius 1 is 1.17 bits per heavy atom. The van der Waals surface area contributed by atoms with Gasteiger partial charge in [0.15, 0.2) is 0 Å². The molecule has 1 aliphatic heterocycles. The number of benzene rings is 1. The molecule has 0 radical (unpaired) electrons. The minimum Gasteiger partial charge on any atom is -0.347 e. The number of aliphatic imine (C=N–C) groups is 1. The van der Waals surface area contributed by atoms with Gasteiger partial charge in [-0.25, -0.2) is 4.98 Å². The maximum absolute atomic E-state index is 12.3. The number of hydrogen-bond donors (Lipinski definition) is 2. The van der Waals surface area contributed by atoms with Crippen LogP contribution in [0.15, 0.2) is 46.3 Å². The molecule has 5 nitrogen and oxygen atoms in total. The lowest BCUT2D eigenvalue weighted by Gasteiger charge is -2.25. The van der Waals surface area contributed by atoms with Gasteiger partial charge in [-0.3, -0.25) is 9.79 Å². The zero-order valence-electron chi connectivity index (χ0n) is 13.5. The van der Waals surface area contributed by atoms with Crippen LogP contribution in [-0.4, -0.2) is 22.3 Å². The molecule has 1 aromatic carbocycles. The van der Waals surface area contributed by atoms with Crippen LogP contribution >= 0.6 is 0 Å². The van der Waals surface area contributed by atoms with Crippen LogP contribution in [0.4, 0.5) is 0 Å². The molecule has 2 heterocycles. The summed E-state index contributed by atoms with van der Waals surface area (Å²) in [5, 5.41) is 4.20. The Morgan fingerprint density at radius 2 is 1.91 bits per heavy atom. The van der Waals surface area contributed by atoms with Gasteiger partial charge in [0.05, 0.1) is 29.6 Å². The van der Waals surface area contributed by atoms with Gasteiger partial charge in [0.1, 0.15) is 5.35 Å². The lowest BCUT2D eigenvalue weighted by atomic mass is 9.85. The van der Waals surface area contributed by atoms with E-state index in [1.807, 2.05) is 30.3 Å². The van der Waals surface area contributed by atoms with Crippen LogP contribution in [0, 0.1) is 5.41 Å². The van der Waals surface area contributed by atoms with Gasteiger partial charge >= 0.3 is 0 Å². The van der Waals surface area contributed by atoms with E-state index >= 15 is 0 Å². The van der Waals surface area contributed by atoms with Gasteiger partial charge in [0.2, 0.25) is 0 Å². The van der Waals surface area contributed by atoms with Gasteiger partial charge in [0, 0.05) is 0 Å². The Hall–Kier alpha value is -2.69. The van der Waals surface area contributed by atoms with Crippen molar-refractivity contribution in [3.63, 3.8) is 0 Å². The number of aromatic amines is 1. The molecule has 5 heteroatoms. The largest absolute Gasteiger partial charge is 0.347 e. The van der Waals surface area contributed by atoms with Gasteiger partial charge in [-0.2, -0.15) is 0 Å². The summed E-state index contributed by atoms with van der Waals surface area (Å²) >= 11 is 0. The zero-order chi connectivity index (χ0) is 16.4. The molecule has 3 rings (SSSR count). The topological polar surface area (TPSA) is 70.1 Å². The second kappa shape index (κ2) is 5.83. The molecular formula is C18H20N4O. The Labute approximate surface area is 134 Å². The monoisotopic (exact) mass is 308 g/mol. The van der Waals surface area contributed by atoms with Crippen molar-refractivity contribution in [2.45, 2.75) is 26.8 Å². The predicted molar refractivity (Wildman–Crippen MR) is 92.4 cm³/mol. The van der Waals surface area contributed by atoms with E-state index in [0.29, 0.717) is 10.7 Å². The molecule has 2 aromatic rings. The molecule has 0 fully saturated rings. The summed E-state index contributed by atoms with van der Waals surface area (Å²) in [5.74, 6) is 0. The summed E-state index contributed by atoms with van der Waals surface area (Å²) in [6.45, 7) is 6.35. The van der Waals surface area contributed by atoms with E-state index in [2.05, 4.69) is 41.0 Å². The van der Waals surface area contributed by atoms with E-state index in [1.54, 1.807) is 18.6 Å². The fourth-order valence-electron chi connectivity index (χ4n) is 2.57. The summed E-state index contributed by atoms with van der Waals surface area (Å²) in [5.41, 5.74) is 1.58. The van der Waals surface area contributed by atoms with Crippen LogP contribution in [-0.2, 0) is 0 Å². The Morgan fingerprint density at radius 3 is 2.57 bits per heavy atom. The van der Waals surface area contributed by atoms with Crippen molar-refractivity contribution >= 4 is 18.1 Å². The third-order valence-corrected chi connectivity index (χ3v) is 3.74. The number of nitrogens with one attached hydrogen (secondary N) is 2. The second-order valence-electron chi connectivity index (χ2n) is 6.67. The number of hydrogen-bond acceptors (Lipinski definition) is 4. The van der Waals surface area contributed by atoms with E-state index < -0.39 is 0 Å². The summed E-state index contributed by atoms with van der Waals surface area (Å²) in [4.78, 5) is 24.0. The first-order valence-corrected chi connectivity index (χ1v) is 7.60. The third-order valence-electron chi connectivity index (χ3n) is 3.74. The summed E-state index contributed by atoms with van der Waals surface area (Å²) in [6, 6.07) is 9.64. The fraction of sp³-hybridized carbons (Fsp3) is 0.278. The highest BCUT2D eigenvalue weighted by molar-refractivity contribution is 5.75. The Balaban J connectivity index is 2.09. The molecule has 0 bridgehead atoms. The van der Waals surface area contributed by atoms with Crippen molar-refractivity contribution in [1.29, 1.82) is 0 Å². The average Bonchev–Trinajstić information content (AvgIpc) is 3.00. The zero-order valence-corrected chi connectivity index (χ0v) is 13.5. The molecule has 0 saturated carbocycles. The molecular weight excluding hydrogens is 288 g/mol. The van der Waals surface area contributed by atoms with Crippen LogP contribution in [0.5, 0.6) is 0 Å². The number of H-pyrrole nitrogens is 1. The van der Waals surface area contributed by atoms with Gasteiger partial charge in [-0.1, -0.05) is 51.1 Å². The van der Waals surface area contributed by atoms with Gasteiger partial charge in [-0.05, 0) is 17.1 Å². The first-order chi connectivity index (χ1) is 10.9. The van der Waals surface area contributed by atoms with E-state index in [0.717, 1.165) is 11.3 Å². The maximum Gasteiger partial charge on any atom is 0.274 e. The van der Waals surface area contributed by atoms with E-state index in [9.17, 15) is 4.79 Å². The van der Waals surface area contributed by atoms with Crippen LogP contribution in [0.25, 0.3) is 11.8 Å². The normalized spacial score (nSPS) is 20.7. The first-order valence-electron chi connectivity index (χ1n) is 7.60. The van der Waals surface area contributed by atoms with Crippen LogP contribution < -0.4 is 21.6 Å². The smallest absolute Gasteiger partial charge is 0.274 e. The quantitative estimate of drug-likeness (QED) is 0.817. The van der Waals surface area contributed by atoms with Crippen molar-refractivity contribution in [3.8, 4) is 0 Å². The minimum atomic E-state index is -0.208. The number of nitrogens with zero attached hydrogens (tertiary/aromatic N) is 2. The number of rotatable bonds is 1. The Kier molecular flexibility index (Phi) is 3.86. The van der Waals surface area contributed by atoms with Crippen molar-refractivity contribution in [1.82, 2.24) is 15.3 Å². The van der Waals surface area contributed by atoms with Crippen LogP contribution in [0.3, 0.4) is 0 Å². The van der Waals surface area contributed by atoms with Crippen molar-refractivity contribution in [2.75, 3.05) is 0 Å². The average molecular weight is 308 g/mol. The molecule has 1 atom stereocenters. The van der Waals surface area contributed by atoms with Crippen LogP contribution in [0.2, 0.25) is 0 Å². The third kappa shape index (κ3) is 3.23. The molecule has 1 aliphatic rings. The first kappa shape index (κ1) is 15.2. The highest BCUT2D eigenvalue weighted by atomic mass is 16.1. The fourth-order valence-corrected chi connectivity index (χ4v) is 2.57. The summed E-state index contributed by atoms with van der Waals surface area (Å²) < 4.78 is 0. The molecule has 0 amide bonds. The lowest BCUT2D eigenvalue weighted by Crippen LogP contribution is -2.40. The van der Waals surface area contributed by atoms with Crippen LogP contribution in [0.1, 0.15) is 26.3 Å². The highest BCUT2D eigenvalue weighted by Gasteiger charge is 2.30. The molecule has 0 saturated heterocycles. The van der Waals surface area contributed by atoms with E-state index in [1.165, 1.54) is 0 Å². The predicted octanol–water partition coefficient (Wildman–Crippen LogP) is 0.753. The van der Waals surface area contributed by atoms with Crippen molar-refractivity contribution in [3.05, 3.63) is 63.1 Å². The SMILES string of the molecule is CC(C)(C)C1N=CN/C1=c1/cn/c(=C\c2ccccc2)c(=O)[nH]1. The van der Waals surface area contributed by atoms with Gasteiger partial charge in [-0.15, -0.1) is 0 Å². The molecule has 0 spiro atoms. The van der Waals surface area contributed by atoms with E-state index in [4.69, 9.17) is 0 Å². The Bertz CT molecular complexity index is 905. The minimum absolute atomic E-state index is 0.0242. The molecule has 23 heavy (non-hydrogen) atoms.